The SMILES string of the molecule is C=CCc1cc(/C=C2/NC(=O)N(c3cccc(Cl)c3)C2=O)cc(OC)c1OCc1cccc([N+](=O)[O-])c1. The van der Waals surface area contributed by atoms with Crippen LogP contribution in [0.1, 0.15) is 16.7 Å². The second kappa shape index (κ2) is 11.0. The van der Waals surface area contributed by atoms with Crippen LogP contribution in [0.15, 0.2) is 79.0 Å². The van der Waals surface area contributed by atoms with Crippen LogP contribution in [0.2, 0.25) is 5.02 Å². The van der Waals surface area contributed by atoms with E-state index in [1.165, 1.54) is 25.3 Å². The second-order valence-electron chi connectivity index (χ2n) is 8.03. The normalized spacial score (nSPS) is 14.0. The highest BCUT2D eigenvalue weighted by Crippen LogP contribution is 2.35. The molecule has 10 heteroatoms. The standard InChI is InChI=1S/C27H22ClN3O6/c1-3-6-19-11-18(13-23-26(32)30(27(33)29-23)21-9-5-8-20(28)15-21)14-24(36-2)25(19)37-16-17-7-4-10-22(12-17)31(34)35/h3-5,7-15H,1,6,16H2,2H3,(H,29,33)/b23-13+. The number of ether oxygens (including phenoxy) is 2. The fourth-order valence-electron chi connectivity index (χ4n) is 3.86. The molecule has 0 aliphatic carbocycles. The maximum atomic E-state index is 13.0. The number of urea groups is 1. The number of halogens is 1. The lowest BCUT2D eigenvalue weighted by atomic mass is 10.0. The number of amides is 3. The molecule has 3 aromatic rings. The predicted octanol–water partition coefficient (Wildman–Crippen LogP) is 5.66. The van der Waals surface area contributed by atoms with Gasteiger partial charge >= 0.3 is 6.03 Å². The van der Waals surface area contributed by atoms with Crippen molar-refractivity contribution in [3.05, 3.63) is 111 Å². The summed E-state index contributed by atoms with van der Waals surface area (Å²) in [6.45, 7) is 3.87. The van der Waals surface area contributed by atoms with Crippen LogP contribution < -0.4 is 19.7 Å². The summed E-state index contributed by atoms with van der Waals surface area (Å²) in [6.07, 6.45) is 3.66. The molecule has 0 bridgehead atoms. The average Bonchev–Trinajstić information content (AvgIpc) is 3.15. The number of imide groups is 1. The molecule has 0 atom stereocenters. The van der Waals surface area contributed by atoms with Gasteiger partial charge in [-0.1, -0.05) is 35.9 Å². The Morgan fingerprint density at radius 2 is 1.92 bits per heavy atom. The number of carbonyl (C=O) groups excluding carboxylic acids is 2. The lowest BCUT2D eigenvalue weighted by Crippen LogP contribution is -2.30. The van der Waals surface area contributed by atoms with Crippen molar-refractivity contribution in [2.24, 2.45) is 0 Å². The molecule has 37 heavy (non-hydrogen) atoms. The first-order valence-electron chi connectivity index (χ1n) is 11.1. The number of nitrogens with zero attached hydrogens (tertiary/aromatic N) is 2. The van der Waals surface area contributed by atoms with Gasteiger partial charge in [0.05, 0.1) is 17.7 Å². The van der Waals surface area contributed by atoms with Gasteiger partial charge in [0.2, 0.25) is 0 Å². The average molecular weight is 520 g/mol. The number of anilines is 1. The molecule has 1 saturated heterocycles. The molecule has 1 N–H and O–H groups in total. The van der Waals surface area contributed by atoms with Crippen LogP contribution in [0.25, 0.3) is 6.08 Å². The van der Waals surface area contributed by atoms with Crippen molar-refractivity contribution in [2.45, 2.75) is 13.0 Å². The van der Waals surface area contributed by atoms with E-state index in [2.05, 4.69) is 11.9 Å². The third kappa shape index (κ3) is 5.62. The van der Waals surface area contributed by atoms with Crippen LogP contribution in [0, 0.1) is 10.1 Å². The van der Waals surface area contributed by atoms with Crippen molar-refractivity contribution in [3.8, 4) is 11.5 Å². The van der Waals surface area contributed by atoms with Crippen LogP contribution in [-0.2, 0) is 17.8 Å². The number of non-ortho nitro benzene ring substituents is 1. The zero-order valence-electron chi connectivity index (χ0n) is 19.8. The van der Waals surface area contributed by atoms with Gasteiger partial charge in [0, 0.05) is 22.7 Å². The molecule has 1 aliphatic rings. The van der Waals surface area contributed by atoms with Crippen molar-refractivity contribution in [2.75, 3.05) is 12.0 Å². The molecule has 1 heterocycles. The Morgan fingerprint density at radius 1 is 1.14 bits per heavy atom. The van der Waals surface area contributed by atoms with E-state index in [1.54, 1.807) is 54.6 Å². The van der Waals surface area contributed by atoms with Gasteiger partial charge in [-0.05, 0) is 54.0 Å². The molecule has 0 radical (unpaired) electrons. The van der Waals surface area contributed by atoms with E-state index in [4.69, 9.17) is 21.1 Å². The van der Waals surface area contributed by atoms with E-state index in [1.807, 2.05) is 0 Å². The van der Waals surface area contributed by atoms with Crippen LogP contribution >= 0.6 is 11.6 Å². The van der Waals surface area contributed by atoms with Gasteiger partial charge in [-0.2, -0.15) is 0 Å². The maximum absolute atomic E-state index is 13.0. The van der Waals surface area contributed by atoms with Crippen molar-refractivity contribution in [3.63, 3.8) is 0 Å². The molecule has 1 aliphatic heterocycles. The number of methoxy groups -OCH3 is 1. The summed E-state index contributed by atoms with van der Waals surface area (Å²) in [5, 5.41) is 14.1. The smallest absolute Gasteiger partial charge is 0.333 e. The molecule has 4 rings (SSSR count). The van der Waals surface area contributed by atoms with Gasteiger partial charge in [0.1, 0.15) is 12.3 Å². The summed E-state index contributed by atoms with van der Waals surface area (Å²) in [4.78, 5) is 37.2. The van der Waals surface area contributed by atoms with Gasteiger partial charge in [-0.25, -0.2) is 9.69 Å². The monoisotopic (exact) mass is 519 g/mol. The first kappa shape index (κ1) is 25.5. The van der Waals surface area contributed by atoms with Gasteiger partial charge < -0.3 is 14.8 Å². The lowest BCUT2D eigenvalue weighted by molar-refractivity contribution is -0.384. The summed E-state index contributed by atoms with van der Waals surface area (Å²) in [5.41, 5.74) is 2.34. The van der Waals surface area contributed by atoms with E-state index in [-0.39, 0.29) is 18.0 Å². The van der Waals surface area contributed by atoms with E-state index in [0.29, 0.717) is 39.8 Å². The van der Waals surface area contributed by atoms with Gasteiger partial charge in [-0.15, -0.1) is 6.58 Å². The highest BCUT2D eigenvalue weighted by molar-refractivity contribution is 6.32. The number of nitro groups is 1. The van der Waals surface area contributed by atoms with Crippen LogP contribution in [0.3, 0.4) is 0 Å². The van der Waals surface area contributed by atoms with E-state index in [9.17, 15) is 19.7 Å². The molecular weight excluding hydrogens is 498 g/mol. The molecule has 1 fully saturated rings. The van der Waals surface area contributed by atoms with Gasteiger partial charge in [-0.3, -0.25) is 14.9 Å². The third-order valence-electron chi connectivity index (χ3n) is 5.50. The first-order chi connectivity index (χ1) is 17.8. The van der Waals surface area contributed by atoms with Gasteiger partial charge in [0.15, 0.2) is 11.5 Å². The lowest BCUT2D eigenvalue weighted by Gasteiger charge is -2.16. The summed E-state index contributed by atoms with van der Waals surface area (Å²) in [6, 6.07) is 15.5. The highest BCUT2D eigenvalue weighted by Gasteiger charge is 2.35. The maximum Gasteiger partial charge on any atom is 0.333 e. The van der Waals surface area contributed by atoms with E-state index >= 15 is 0 Å². The fourth-order valence-corrected chi connectivity index (χ4v) is 4.04. The number of hydrogen-bond acceptors (Lipinski definition) is 6. The predicted molar refractivity (Wildman–Crippen MR) is 140 cm³/mol. The quantitative estimate of drug-likeness (QED) is 0.128. The summed E-state index contributed by atoms with van der Waals surface area (Å²) in [7, 11) is 1.48. The van der Waals surface area contributed by atoms with Crippen LogP contribution in [0.5, 0.6) is 11.5 Å². The van der Waals surface area contributed by atoms with Gasteiger partial charge in [0.25, 0.3) is 11.6 Å². The molecular formula is C27H22ClN3O6. The number of carbonyl (C=O) groups is 2. The Morgan fingerprint density at radius 3 is 2.62 bits per heavy atom. The molecule has 3 amide bonds. The number of nitro benzene ring substituents is 1. The molecule has 0 spiro atoms. The fraction of sp³-hybridized carbons (Fsp3) is 0.111. The first-order valence-corrected chi connectivity index (χ1v) is 11.5. The second-order valence-corrected chi connectivity index (χ2v) is 8.46. The third-order valence-corrected chi connectivity index (χ3v) is 5.73. The van der Waals surface area contributed by atoms with Crippen LogP contribution in [-0.4, -0.2) is 24.0 Å². The van der Waals surface area contributed by atoms with Crippen molar-refractivity contribution >= 4 is 41.0 Å². The topological polar surface area (TPSA) is 111 Å². The Bertz CT molecular complexity index is 1440. The number of allylic oxidation sites excluding steroid dienone is 1. The minimum atomic E-state index is -0.589. The summed E-state index contributed by atoms with van der Waals surface area (Å²) >= 11 is 6.02. The molecule has 0 saturated carbocycles. The van der Waals surface area contributed by atoms with E-state index in [0.717, 1.165) is 10.5 Å². The van der Waals surface area contributed by atoms with Crippen molar-refractivity contribution in [1.29, 1.82) is 0 Å². The zero-order valence-corrected chi connectivity index (χ0v) is 20.5. The van der Waals surface area contributed by atoms with E-state index < -0.39 is 16.9 Å². The molecule has 0 aromatic heterocycles. The number of nitrogens with one attached hydrogen (secondary N) is 1. The Labute approximate surface area is 217 Å². The Hall–Kier alpha value is -4.63. The molecule has 3 aromatic carbocycles. The van der Waals surface area contributed by atoms with Crippen molar-refractivity contribution in [1.82, 2.24) is 5.32 Å². The Balaban J connectivity index is 1.63. The summed E-state index contributed by atoms with van der Waals surface area (Å²) in [5.74, 6) is 0.306. The molecule has 9 nitrogen and oxygen atoms in total. The number of benzene rings is 3. The van der Waals surface area contributed by atoms with Crippen LogP contribution in [0.4, 0.5) is 16.2 Å². The largest absolute Gasteiger partial charge is 0.493 e. The minimum Gasteiger partial charge on any atom is -0.493 e. The molecule has 188 valence electrons. The highest BCUT2D eigenvalue weighted by atomic mass is 35.5. The molecule has 0 unspecified atom stereocenters. The summed E-state index contributed by atoms with van der Waals surface area (Å²) < 4.78 is 11.6. The zero-order chi connectivity index (χ0) is 26.5. The number of hydrogen-bond donors (Lipinski definition) is 1. The number of rotatable bonds is 9. The minimum absolute atomic E-state index is 0.0311. The Kier molecular flexibility index (Phi) is 7.55. The van der Waals surface area contributed by atoms with Crippen molar-refractivity contribution < 1.29 is 24.0 Å².